The van der Waals surface area contributed by atoms with Crippen molar-refractivity contribution >= 4 is 15.7 Å². The van der Waals surface area contributed by atoms with Crippen molar-refractivity contribution in [1.29, 1.82) is 0 Å². The third-order valence-electron chi connectivity index (χ3n) is 2.57. The Morgan fingerprint density at radius 1 is 1.40 bits per heavy atom. The van der Waals surface area contributed by atoms with Gasteiger partial charge in [-0.25, -0.2) is 13.1 Å². The first-order chi connectivity index (χ1) is 9.27. The fraction of sp³-hybridized carbons (Fsp3) is 0.455. The Bertz CT molecular complexity index is 586. The lowest BCUT2D eigenvalue weighted by Crippen LogP contribution is -3.06. The molecule has 20 heavy (non-hydrogen) atoms. The fourth-order valence-corrected chi connectivity index (χ4v) is 2.55. The number of nitro groups is 1. The summed E-state index contributed by atoms with van der Waals surface area (Å²) >= 11 is 0. The maximum Gasteiger partial charge on any atom is 0.312 e. The first kappa shape index (κ1) is 16.3. The average molecular weight is 304 g/mol. The highest BCUT2D eigenvalue weighted by atomic mass is 32.2. The van der Waals surface area contributed by atoms with Crippen LogP contribution in [0.1, 0.15) is 0 Å². The van der Waals surface area contributed by atoms with E-state index < -0.39 is 14.9 Å². The molecule has 0 heterocycles. The first-order valence-corrected chi connectivity index (χ1v) is 7.37. The van der Waals surface area contributed by atoms with E-state index in [1.807, 2.05) is 14.1 Å². The number of sulfonamides is 1. The van der Waals surface area contributed by atoms with E-state index in [1.54, 1.807) is 0 Å². The predicted octanol–water partition coefficient (Wildman–Crippen LogP) is -0.974. The second-order valence-electron chi connectivity index (χ2n) is 4.45. The molecular formula is C11H18N3O5S+. The van der Waals surface area contributed by atoms with Gasteiger partial charge in [0, 0.05) is 6.07 Å². The number of rotatable bonds is 7. The van der Waals surface area contributed by atoms with E-state index in [2.05, 4.69) is 4.72 Å². The van der Waals surface area contributed by atoms with Crippen molar-refractivity contribution in [2.45, 2.75) is 4.90 Å². The molecule has 9 heteroatoms. The number of likely N-dealkylation sites (N-methyl/N-ethyl adjacent to an activating group) is 1. The quantitative estimate of drug-likeness (QED) is 0.498. The van der Waals surface area contributed by atoms with Gasteiger partial charge in [-0.2, -0.15) is 0 Å². The van der Waals surface area contributed by atoms with Crippen LogP contribution in [0, 0.1) is 10.1 Å². The third kappa shape index (κ3) is 4.15. The lowest BCUT2D eigenvalue weighted by Gasteiger charge is -2.10. The minimum absolute atomic E-state index is 0.0201. The summed E-state index contributed by atoms with van der Waals surface area (Å²) in [7, 11) is 1.32. The fourth-order valence-electron chi connectivity index (χ4n) is 1.50. The molecule has 0 amide bonds. The molecule has 1 aromatic rings. The van der Waals surface area contributed by atoms with E-state index in [9.17, 15) is 18.5 Å². The molecule has 0 atom stereocenters. The zero-order chi connectivity index (χ0) is 15.3. The Kier molecular flexibility index (Phi) is 5.43. The minimum Gasteiger partial charge on any atom is -0.490 e. The number of quaternary nitrogens is 1. The minimum atomic E-state index is -3.76. The maximum atomic E-state index is 12.0. The van der Waals surface area contributed by atoms with Crippen LogP contribution in [0.15, 0.2) is 23.1 Å². The number of methoxy groups -OCH3 is 1. The van der Waals surface area contributed by atoms with Crippen molar-refractivity contribution < 1.29 is 23.0 Å². The van der Waals surface area contributed by atoms with Gasteiger partial charge in [-0.3, -0.25) is 10.1 Å². The molecule has 0 spiro atoms. The second-order valence-corrected chi connectivity index (χ2v) is 6.21. The Hall–Kier alpha value is -1.71. The van der Waals surface area contributed by atoms with Crippen LogP contribution in [0.4, 0.5) is 5.69 Å². The maximum absolute atomic E-state index is 12.0. The van der Waals surface area contributed by atoms with Gasteiger partial charge in [-0.1, -0.05) is 0 Å². The highest BCUT2D eigenvalue weighted by molar-refractivity contribution is 7.89. The Morgan fingerprint density at radius 2 is 2.05 bits per heavy atom. The van der Waals surface area contributed by atoms with Crippen LogP contribution in [-0.2, 0) is 10.0 Å². The molecule has 0 unspecified atom stereocenters. The Labute approximate surface area is 117 Å². The number of nitrogens with zero attached hydrogens (tertiary/aromatic N) is 1. The number of benzene rings is 1. The molecule has 0 radical (unpaired) electrons. The summed E-state index contributed by atoms with van der Waals surface area (Å²) < 4.78 is 31.2. The molecule has 112 valence electrons. The molecule has 0 saturated heterocycles. The van der Waals surface area contributed by atoms with Gasteiger partial charge in [-0.05, 0) is 12.1 Å². The SMILES string of the molecule is COc1ccc(S(=O)(=O)NCC[NH+](C)C)cc1[N+](=O)[O-]. The molecule has 0 bridgehead atoms. The van der Waals surface area contributed by atoms with Crippen LogP contribution in [0.2, 0.25) is 0 Å². The van der Waals surface area contributed by atoms with E-state index in [0.717, 1.165) is 11.0 Å². The molecule has 0 aliphatic heterocycles. The van der Waals surface area contributed by atoms with Gasteiger partial charge in [0.2, 0.25) is 10.0 Å². The molecule has 2 N–H and O–H groups in total. The molecular weight excluding hydrogens is 286 g/mol. The molecule has 0 saturated carbocycles. The van der Waals surface area contributed by atoms with Crippen molar-refractivity contribution in [3.63, 3.8) is 0 Å². The summed E-state index contributed by atoms with van der Waals surface area (Å²) in [6.45, 7) is 0.863. The van der Waals surface area contributed by atoms with Gasteiger partial charge in [0.1, 0.15) is 0 Å². The topological polar surface area (TPSA) is 103 Å². The molecule has 1 rings (SSSR count). The lowest BCUT2D eigenvalue weighted by molar-refractivity contribution is -0.856. The van der Waals surface area contributed by atoms with E-state index >= 15 is 0 Å². The summed E-state index contributed by atoms with van der Waals surface area (Å²) in [4.78, 5) is 11.1. The number of hydrogen-bond donors (Lipinski definition) is 2. The summed E-state index contributed by atoms with van der Waals surface area (Å²) in [5.41, 5.74) is -0.381. The van der Waals surface area contributed by atoms with Gasteiger partial charge >= 0.3 is 5.69 Å². The summed E-state index contributed by atoms with van der Waals surface area (Å²) in [5, 5.41) is 10.9. The lowest BCUT2D eigenvalue weighted by atomic mass is 10.3. The van der Waals surface area contributed by atoms with Crippen molar-refractivity contribution in [3.8, 4) is 5.75 Å². The predicted molar refractivity (Wildman–Crippen MR) is 72.5 cm³/mol. The Balaban J connectivity index is 3.01. The molecule has 1 aromatic carbocycles. The van der Waals surface area contributed by atoms with Gasteiger partial charge in [-0.15, -0.1) is 0 Å². The van der Waals surface area contributed by atoms with Crippen LogP contribution < -0.4 is 14.4 Å². The van der Waals surface area contributed by atoms with E-state index in [4.69, 9.17) is 4.74 Å². The van der Waals surface area contributed by atoms with Gasteiger partial charge in [0.25, 0.3) is 0 Å². The third-order valence-corrected chi connectivity index (χ3v) is 4.03. The smallest absolute Gasteiger partial charge is 0.312 e. The highest BCUT2D eigenvalue weighted by Gasteiger charge is 2.21. The zero-order valence-corrected chi connectivity index (χ0v) is 12.4. The standard InChI is InChI=1S/C11H17N3O5S/c1-13(2)7-6-12-20(17,18)9-4-5-11(19-3)10(8-9)14(15)16/h4-5,8,12H,6-7H2,1-3H3/p+1. The number of nitrogens with one attached hydrogen (secondary N) is 2. The summed E-state index contributed by atoms with van der Waals surface area (Å²) in [6, 6.07) is 3.53. The monoisotopic (exact) mass is 304 g/mol. The highest BCUT2D eigenvalue weighted by Crippen LogP contribution is 2.29. The van der Waals surface area contributed by atoms with E-state index in [-0.39, 0.29) is 22.9 Å². The van der Waals surface area contributed by atoms with Gasteiger partial charge in [0.05, 0.1) is 44.1 Å². The second kappa shape index (κ2) is 6.64. The van der Waals surface area contributed by atoms with Crippen LogP contribution >= 0.6 is 0 Å². The van der Waals surface area contributed by atoms with Gasteiger partial charge in [0.15, 0.2) is 5.75 Å². The molecule has 8 nitrogen and oxygen atoms in total. The molecule has 0 aromatic heterocycles. The number of ether oxygens (including phenoxy) is 1. The van der Waals surface area contributed by atoms with Crippen LogP contribution in [0.3, 0.4) is 0 Å². The first-order valence-electron chi connectivity index (χ1n) is 5.89. The normalized spacial score (nSPS) is 11.6. The van der Waals surface area contributed by atoms with Crippen molar-refractivity contribution in [2.75, 3.05) is 34.3 Å². The molecule has 0 aliphatic carbocycles. The number of hydrogen-bond acceptors (Lipinski definition) is 5. The average Bonchev–Trinajstić information content (AvgIpc) is 2.37. The van der Waals surface area contributed by atoms with Crippen LogP contribution in [0.25, 0.3) is 0 Å². The largest absolute Gasteiger partial charge is 0.490 e. The Morgan fingerprint density at radius 3 is 2.55 bits per heavy atom. The van der Waals surface area contributed by atoms with E-state index in [1.165, 1.54) is 19.2 Å². The van der Waals surface area contributed by atoms with Crippen molar-refractivity contribution in [2.24, 2.45) is 0 Å². The van der Waals surface area contributed by atoms with Crippen molar-refractivity contribution in [1.82, 2.24) is 4.72 Å². The van der Waals surface area contributed by atoms with Crippen LogP contribution in [-0.4, -0.2) is 47.6 Å². The summed E-state index contributed by atoms with van der Waals surface area (Å²) in [6.07, 6.45) is 0. The van der Waals surface area contributed by atoms with Crippen LogP contribution in [0.5, 0.6) is 5.75 Å². The van der Waals surface area contributed by atoms with Gasteiger partial charge < -0.3 is 9.64 Å². The molecule has 0 aliphatic rings. The zero-order valence-electron chi connectivity index (χ0n) is 11.5. The molecule has 0 fully saturated rings. The number of nitro benzene ring substituents is 1. The summed E-state index contributed by atoms with van der Waals surface area (Å²) in [5.74, 6) is 0.0201. The van der Waals surface area contributed by atoms with E-state index in [0.29, 0.717) is 6.54 Å². The van der Waals surface area contributed by atoms with Crippen molar-refractivity contribution in [3.05, 3.63) is 28.3 Å².